The number of sulfonamides is 1. The molecular weight excluding hydrogens is 578 g/mol. The summed E-state index contributed by atoms with van der Waals surface area (Å²) in [5, 5.41) is 24.6. The van der Waals surface area contributed by atoms with Crippen LogP contribution in [0.1, 0.15) is 31.7 Å². The summed E-state index contributed by atoms with van der Waals surface area (Å²) in [6.07, 6.45) is -3.59. The van der Waals surface area contributed by atoms with Gasteiger partial charge in [0, 0.05) is 32.5 Å². The van der Waals surface area contributed by atoms with E-state index in [4.69, 9.17) is 18.6 Å². The average molecular weight is 618 g/mol. The molecule has 12 nitrogen and oxygen atoms in total. The van der Waals surface area contributed by atoms with Crippen LogP contribution < -0.4 is 5.32 Å². The molecule has 0 bridgehead atoms. The van der Waals surface area contributed by atoms with Crippen molar-refractivity contribution in [2.75, 3.05) is 26.3 Å². The Morgan fingerprint density at radius 2 is 1.93 bits per heavy atom. The van der Waals surface area contributed by atoms with Crippen LogP contribution in [-0.2, 0) is 30.7 Å². The smallest absolute Gasteiger partial charge is 0.407 e. The number of amides is 1. The number of hydrogen-bond donors (Lipinski definition) is 3. The van der Waals surface area contributed by atoms with Crippen molar-refractivity contribution in [3.63, 3.8) is 0 Å². The Labute approximate surface area is 251 Å². The van der Waals surface area contributed by atoms with E-state index in [9.17, 15) is 23.4 Å². The zero-order valence-corrected chi connectivity index (χ0v) is 25.3. The molecule has 0 aliphatic carbocycles. The van der Waals surface area contributed by atoms with Gasteiger partial charge in [-0.2, -0.15) is 4.31 Å². The minimum Gasteiger partial charge on any atom is -0.446 e. The molecule has 6 atom stereocenters. The molecule has 2 saturated heterocycles. The number of oxazole rings is 1. The largest absolute Gasteiger partial charge is 0.446 e. The lowest BCUT2D eigenvalue weighted by atomic mass is 9.93. The lowest BCUT2D eigenvalue weighted by molar-refractivity contribution is -0.183. The highest BCUT2D eigenvalue weighted by Crippen LogP contribution is 2.33. The second-order valence-corrected chi connectivity index (χ2v) is 13.5. The number of aliphatic hydroxyl groups is 2. The van der Waals surface area contributed by atoms with E-state index in [0.29, 0.717) is 30.0 Å². The maximum absolute atomic E-state index is 13.8. The molecule has 234 valence electrons. The predicted octanol–water partition coefficient (Wildman–Crippen LogP) is 2.60. The van der Waals surface area contributed by atoms with Gasteiger partial charge in [0.2, 0.25) is 10.0 Å². The van der Waals surface area contributed by atoms with Crippen LogP contribution in [0.5, 0.6) is 0 Å². The van der Waals surface area contributed by atoms with E-state index in [1.165, 1.54) is 16.4 Å². The molecule has 0 spiro atoms. The Morgan fingerprint density at radius 3 is 2.67 bits per heavy atom. The Hall–Kier alpha value is -3.07. The van der Waals surface area contributed by atoms with Gasteiger partial charge in [-0.05, 0) is 30.0 Å². The first kappa shape index (κ1) is 31.4. The molecule has 43 heavy (non-hydrogen) atoms. The number of carbonyl (C=O) groups excluding carboxylic acids is 1. The van der Waals surface area contributed by atoms with Gasteiger partial charge in [0.15, 0.2) is 17.8 Å². The van der Waals surface area contributed by atoms with E-state index >= 15 is 0 Å². The van der Waals surface area contributed by atoms with Gasteiger partial charge in [-0.25, -0.2) is 18.2 Å². The molecule has 3 heterocycles. The second-order valence-electron chi connectivity index (χ2n) is 11.5. The van der Waals surface area contributed by atoms with Crippen LogP contribution in [0.2, 0.25) is 0 Å². The van der Waals surface area contributed by atoms with E-state index < -0.39 is 52.7 Å². The molecule has 1 aromatic heterocycles. The monoisotopic (exact) mass is 617 g/mol. The quantitative estimate of drug-likeness (QED) is 0.292. The van der Waals surface area contributed by atoms with Crippen molar-refractivity contribution in [1.29, 1.82) is 0 Å². The molecule has 0 saturated carbocycles. The van der Waals surface area contributed by atoms with E-state index in [1.807, 2.05) is 44.2 Å². The number of aromatic nitrogens is 1. The summed E-state index contributed by atoms with van der Waals surface area (Å²) in [7, 11) is -4.06. The normalized spacial score (nSPS) is 23.8. The topological polar surface area (TPSA) is 161 Å². The van der Waals surface area contributed by atoms with Crippen LogP contribution in [-0.4, -0.2) is 91.0 Å². The maximum Gasteiger partial charge on any atom is 0.407 e. The van der Waals surface area contributed by atoms with Gasteiger partial charge in [-0.15, -0.1) is 0 Å². The van der Waals surface area contributed by atoms with Gasteiger partial charge in [-0.1, -0.05) is 44.2 Å². The zero-order chi connectivity index (χ0) is 30.7. The number of hydrogen-bond acceptors (Lipinski definition) is 10. The van der Waals surface area contributed by atoms with Gasteiger partial charge in [0.25, 0.3) is 0 Å². The van der Waals surface area contributed by atoms with E-state index in [0.717, 1.165) is 5.56 Å². The third-order valence-corrected chi connectivity index (χ3v) is 9.52. The third-order valence-electron chi connectivity index (χ3n) is 7.69. The third kappa shape index (κ3) is 7.36. The molecule has 5 rings (SSSR count). The number of rotatable bonds is 11. The van der Waals surface area contributed by atoms with Crippen molar-refractivity contribution in [2.24, 2.45) is 11.8 Å². The van der Waals surface area contributed by atoms with Crippen molar-refractivity contribution < 1.29 is 42.1 Å². The Bertz CT molecular complexity index is 1500. The Kier molecular flexibility index (Phi) is 9.69. The van der Waals surface area contributed by atoms with E-state index in [1.54, 1.807) is 13.0 Å². The van der Waals surface area contributed by atoms with Crippen molar-refractivity contribution >= 4 is 27.2 Å². The highest BCUT2D eigenvalue weighted by atomic mass is 32.2. The van der Waals surface area contributed by atoms with Gasteiger partial charge >= 0.3 is 6.09 Å². The SMILES string of the molecule is Cc1nc2ccc(S(=O)(=O)N(CC(C)C)C[C@@H](O)[C@H](Cc3ccccc3)NC(=O)O[C@H]3CCO[C@H]4OCC(O)C43)cc2o1. The number of fused-ring (bicyclic) bond motifs is 2. The summed E-state index contributed by atoms with van der Waals surface area (Å²) >= 11 is 0. The number of nitrogens with zero attached hydrogens (tertiary/aromatic N) is 2. The number of aryl methyl sites for hydroxylation is 1. The maximum atomic E-state index is 13.8. The van der Waals surface area contributed by atoms with Crippen LogP contribution in [0.4, 0.5) is 4.79 Å². The van der Waals surface area contributed by atoms with Crippen LogP contribution in [0.15, 0.2) is 57.8 Å². The van der Waals surface area contributed by atoms with Gasteiger partial charge in [0.05, 0.1) is 42.3 Å². The molecule has 2 aliphatic heterocycles. The Balaban J connectivity index is 1.35. The van der Waals surface area contributed by atoms with Gasteiger partial charge < -0.3 is 34.2 Å². The second kappa shape index (κ2) is 13.3. The summed E-state index contributed by atoms with van der Waals surface area (Å²) in [5.74, 6) is -0.147. The van der Waals surface area contributed by atoms with Crippen LogP contribution in [0.25, 0.3) is 11.1 Å². The number of alkyl carbamates (subject to hydrolysis) is 1. The zero-order valence-electron chi connectivity index (χ0n) is 24.5. The van der Waals surface area contributed by atoms with Crippen molar-refractivity contribution in [3.8, 4) is 0 Å². The predicted molar refractivity (Wildman–Crippen MR) is 155 cm³/mol. The lowest BCUT2D eigenvalue weighted by Gasteiger charge is -2.34. The summed E-state index contributed by atoms with van der Waals surface area (Å²) in [4.78, 5) is 17.4. The lowest BCUT2D eigenvalue weighted by Crippen LogP contribution is -2.52. The molecule has 3 aromatic rings. The van der Waals surface area contributed by atoms with Crippen LogP contribution >= 0.6 is 0 Å². The van der Waals surface area contributed by atoms with Gasteiger partial charge in [0.1, 0.15) is 11.6 Å². The minimum absolute atomic E-state index is 0.0161. The minimum atomic E-state index is -4.06. The van der Waals surface area contributed by atoms with Crippen molar-refractivity contribution in [2.45, 2.75) is 69.2 Å². The van der Waals surface area contributed by atoms with Crippen molar-refractivity contribution in [1.82, 2.24) is 14.6 Å². The molecule has 0 radical (unpaired) electrons. The molecular formula is C30H39N3O9S. The fraction of sp³-hybridized carbons (Fsp3) is 0.533. The molecule has 2 fully saturated rings. The average Bonchev–Trinajstić information content (AvgIpc) is 3.54. The highest BCUT2D eigenvalue weighted by molar-refractivity contribution is 7.89. The van der Waals surface area contributed by atoms with Crippen LogP contribution in [0, 0.1) is 18.8 Å². The number of nitrogens with one attached hydrogen (secondary N) is 1. The van der Waals surface area contributed by atoms with Gasteiger partial charge in [-0.3, -0.25) is 0 Å². The van der Waals surface area contributed by atoms with E-state index in [2.05, 4.69) is 10.3 Å². The number of benzene rings is 2. The Morgan fingerprint density at radius 1 is 1.16 bits per heavy atom. The summed E-state index contributed by atoms with van der Waals surface area (Å²) < 4.78 is 51.2. The highest BCUT2D eigenvalue weighted by Gasteiger charge is 2.47. The summed E-state index contributed by atoms with van der Waals surface area (Å²) in [5.41, 5.74) is 1.73. The summed E-state index contributed by atoms with van der Waals surface area (Å²) in [6.45, 7) is 5.72. The first-order valence-corrected chi connectivity index (χ1v) is 15.9. The first-order valence-electron chi connectivity index (χ1n) is 14.5. The molecule has 2 unspecified atom stereocenters. The van der Waals surface area contributed by atoms with Crippen molar-refractivity contribution in [3.05, 3.63) is 60.0 Å². The molecule has 3 N–H and O–H groups in total. The molecule has 2 aromatic carbocycles. The molecule has 13 heteroatoms. The first-order chi connectivity index (χ1) is 20.5. The number of aliphatic hydroxyl groups excluding tert-OH is 2. The fourth-order valence-electron chi connectivity index (χ4n) is 5.63. The molecule has 1 amide bonds. The fourth-order valence-corrected chi connectivity index (χ4v) is 7.26. The summed E-state index contributed by atoms with van der Waals surface area (Å²) in [6, 6.07) is 12.9. The number of carbonyl (C=O) groups is 1. The standard InChI is InChI=1S/C30H39N3O9S/c1-18(2)15-33(43(37,38)21-9-10-22-27(14-21)41-19(3)31-22)16-24(34)23(13-20-7-5-4-6-8-20)32-30(36)42-26-11-12-39-29-28(26)25(35)17-40-29/h4-10,14,18,23-26,28-29,34-35H,11-13,15-17H2,1-3H3,(H,32,36)/t23-,24+,25?,26-,28?,29-/m0/s1. The van der Waals surface area contributed by atoms with E-state index in [-0.39, 0.29) is 36.9 Å². The number of ether oxygens (including phenoxy) is 3. The molecule has 2 aliphatic rings. The van der Waals surface area contributed by atoms with Crippen LogP contribution in [0.3, 0.4) is 0 Å².